The van der Waals surface area contributed by atoms with Crippen LogP contribution in [0.25, 0.3) is 0 Å². The molecule has 1 N–H and O–H groups in total. The summed E-state index contributed by atoms with van der Waals surface area (Å²) < 4.78 is 37.6. The number of hydrogen-bond donors (Lipinski definition) is 1. The molecule has 1 aromatic carbocycles. The number of alkyl halides is 3. The highest BCUT2D eigenvalue weighted by atomic mass is 19.4. The highest BCUT2D eigenvalue weighted by molar-refractivity contribution is 5.81. The Kier molecular flexibility index (Phi) is 5.28. The lowest BCUT2D eigenvalue weighted by atomic mass is 9.82. The smallest absolute Gasteiger partial charge is 0.416 e. The van der Waals surface area contributed by atoms with Crippen LogP contribution in [-0.4, -0.2) is 28.4 Å². The molecule has 0 heterocycles. The molecule has 1 aliphatic carbocycles. The van der Waals surface area contributed by atoms with E-state index < -0.39 is 24.3 Å². The summed E-state index contributed by atoms with van der Waals surface area (Å²) in [6.45, 7) is -0.456. The summed E-state index contributed by atoms with van der Waals surface area (Å²) in [4.78, 5) is 24.3. The molecule has 1 saturated carbocycles. The predicted molar refractivity (Wildman–Crippen MR) is 76.5 cm³/mol. The molecule has 0 atom stereocenters. The summed E-state index contributed by atoms with van der Waals surface area (Å²) in [5.74, 6) is -1.11. The second-order valence-corrected chi connectivity index (χ2v) is 5.84. The summed E-state index contributed by atoms with van der Waals surface area (Å²) in [6.07, 6.45) is -1.11. The summed E-state index contributed by atoms with van der Waals surface area (Å²) >= 11 is 0. The lowest BCUT2D eigenvalue weighted by Gasteiger charge is -2.28. The van der Waals surface area contributed by atoms with Gasteiger partial charge in [0.25, 0.3) is 0 Å². The average Bonchev–Trinajstić information content (AvgIpc) is 2.41. The van der Waals surface area contributed by atoms with Gasteiger partial charge < -0.3 is 10.0 Å². The van der Waals surface area contributed by atoms with E-state index in [0.717, 1.165) is 31.4 Å². The van der Waals surface area contributed by atoms with Crippen LogP contribution in [0.4, 0.5) is 13.2 Å². The molecule has 0 saturated heterocycles. The fraction of sp³-hybridized carbons (Fsp3) is 0.500. The Hall–Kier alpha value is -2.05. The SMILES string of the molecule is O=C(O)CN(Cc1ccc(C(F)(F)F)cc1)C(=O)CC1CCC1. The molecule has 0 unspecified atom stereocenters. The Bertz CT molecular complexity index is 565. The van der Waals surface area contributed by atoms with Gasteiger partial charge in [-0.1, -0.05) is 18.6 Å². The molecule has 0 aliphatic heterocycles. The number of carboxylic acid groups (broad SMARTS) is 1. The van der Waals surface area contributed by atoms with E-state index in [1.807, 2.05) is 0 Å². The molecule has 0 spiro atoms. The largest absolute Gasteiger partial charge is 0.480 e. The fourth-order valence-electron chi connectivity index (χ4n) is 2.49. The normalized spacial score (nSPS) is 15.1. The van der Waals surface area contributed by atoms with Crippen molar-refractivity contribution in [2.24, 2.45) is 5.92 Å². The van der Waals surface area contributed by atoms with Crippen LogP contribution in [0.1, 0.15) is 36.8 Å². The number of benzene rings is 1. The lowest BCUT2D eigenvalue weighted by Crippen LogP contribution is -2.36. The molecule has 126 valence electrons. The Balaban J connectivity index is 2.04. The maximum absolute atomic E-state index is 12.5. The Labute approximate surface area is 131 Å². The first-order valence-corrected chi connectivity index (χ1v) is 7.41. The van der Waals surface area contributed by atoms with E-state index in [4.69, 9.17) is 5.11 Å². The summed E-state index contributed by atoms with van der Waals surface area (Å²) in [6, 6.07) is 4.41. The van der Waals surface area contributed by atoms with Gasteiger partial charge in [0, 0.05) is 13.0 Å². The van der Waals surface area contributed by atoms with E-state index in [-0.39, 0.29) is 12.5 Å². The monoisotopic (exact) mass is 329 g/mol. The lowest BCUT2D eigenvalue weighted by molar-refractivity contribution is -0.145. The Morgan fingerprint density at radius 3 is 2.22 bits per heavy atom. The summed E-state index contributed by atoms with van der Waals surface area (Å²) in [5.41, 5.74) is -0.298. The number of rotatable bonds is 6. The van der Waals surface area contributed by atoms with Crippen LogP contribution in [0.5, 0.6) is 0 Å². The van der Waals surface area contributed by atoms with Gasteiger partial charge in [-0.05, 0) is 36.5 Å². The molecule has 0 aromatic heterocycles. The van der Waals surface area contributed by atoms with Gasteiger partial charge >= 0.3 is 12.1 Å². The van der Waals surface area contributed by atoms with E-state index in [0.29, 0.717) is 17.9 Å². The number of carbonyl (C=O) groups excluding carboxylic acids is 1. The van der Waals surface area contributed by atoms with Crippen LogP contribution in [0.3, 0.4) is 0 Å². The molecule has 0 radical (unpaired) electrons. The van der Waals surface area contributed by atoms with Crippen molar-refractivity contribution in [1.82, 2.24) is 4.90 Å². The van der Waals surface area contributed by atoms with Crippen molar-refractivity contribution in [3.63, 3.8) is 0 Å². The molecule has 1 aliphatic rings. The topological polar surface area (TPSA) is 57.6 Å². The first-order chi connectivity index (χ1) is 10.8. The van der Waals surface area contributed by atoms with E-state index >= 15 is 0 Å². The van der Waals surface area contributed by atoms with Gasteiger partial charge in [0.05, 0.1) is 5.56 Å². The van der Waals surface area contributed by atoms with Crippen LogP contribution in [0.2, 0.25) is 0 Å². The van der Waals surface area contributed by atoms with E-state index in [1.165, 1.54) is 17.0 Å². The standard InChI is InChI=1S/C16H18F3NO3/c17-16(18,19)13-6-4-12(5-7-13)9-20(10-15(22)23)14(21)8-11-2-1-3-11/h4-7,11H,1-3,8-10H2,(H,22,23). The second kappa shape index (κ2) is 7.02. The van der Waals surface area contributed by atoms with Gasteiger partial charge in [0.15, 0.2) is 0 Å². The maximum Gasteiger partial charge on any atom is 0.416 e. The zero-order valence-electron chi connectivity index (χ0n) is 12.5. The van der Waals surface area contributed by atoms with E-state index in [1.54, 1.807) is 0 Å². The molecule has 1 fully saturated rings. The minimum Gasteiger partial charge on any atom is -0.480 e. The molecule has 7 heteroatoms. The molecule has 23 heavy (non-hydrogen) atoms. The number of hydrogen-bond acceptors (Lipinski definition) is 2. The highest BCUT2D eigenvalue weighted by Crippen LogP contribution is 2.31. The highest BCUT2D eigenvalue weighted by Gasteiger charge is 2.30. The van der Waals surface area contributed by atoms with Crippen LogP contribution >= 0.6 is 0 Å². The molecule has 1 aromatic rings. The third kappa shape index (κ3) is 4.97. The number of halogens is 3. The van der Waals surface area contributed by atoms with Gasteiger partial charge in [0.1, 0.15) is 6.54 Å². The zero-order chi connectivity index (χ0) is 17.0. The van der Waals surface area contributed by atoms with E-state index in [2.05, 4.69) is 0 Å². The van der Waals surface area contributed by atoms with Crippen LogP contribution in [0, 0.1) is 5.92 Å². The van der Waals surface area contributed by atoms with Crippen molar-refractivity contribution in [2.45, 2.75) is 38.4 Å². The van der Waals surface area contributed by atoms with Crippen molar-refractivity contribution in [3.8, 4) is 0 Å². The third-order valence-electron chi connectivity index (χ3n) is 4.02. The molecule has 2 rings (SSSR count). The van der Waals surface area contributed by atoms with Gasteiger partial charge in [-0.3, -0.25) is 9.59 Å². The van der Waals surface area contributed by atoms with Crippen LogP contribution in [-0.2, 0) is 22.3 Å². The van der Waals surface area contributed by atoms with Crippen LogP contribution < -0.4 is 0 Å². The van der Waals surface area contributed by atoms with Crippen molar-refractivity contribution >= 4 is 11.9 Å². The van der Waals surface area contributed by atoms with E-state index in [9.17, 15) is 22.8 Å². The average molecular weight is 329 g/mol. The summed E-state index contributed by atoms with van der Waals surface area (Å²) in [5, 5.41) is 8.92. The molecular formula is C16H18F3NO3. The number of carboxylic acids is 1. The van der Waals surface area contributed by atoms with Gasteiger partial charge in [-0.25, -0.2) is 0 Å². The Morgan fingerprint density at radius 1 is 1.17 bits per heavy atom. The first-order valence-electron chi connectivity index (χ1n) is 7.41. The van der Waals surface area contributed by atoms with Crippen molar-refractivity contribution < 1.29 is 27.9 Å². The number of amides is 1. The minimum absolute atomic E-state index is 0.00398. The van der Waals surface area contributed by atoms with Gasteiger partial charge in [0.2, 0.25) is 5.91 Å². The molecule has 4 nitrogen and oxygen atoms in total. The molecule has 0 bridgehead atoms. The number of nitrogens with zero attached hydrogens (tertiary/aromatic N) is 1. The zero-order valence-corrected chi connectivity index (χ0v) is 12.5. The van der Waals surface area contributed by atoms with Crippen LogP contribution in [0.15, 0.2) is 24.3 Å². The molecule has 1 amide bonds. The number of carbonyl (C=O) groups is 2. The van der Waals surface area contributed by atoms with Gasteiger partial charge in [-0.15, -0.1) is 0 Å². The van der Waals surface area contributed by atoms with Gasteiger partial charge in [-0.2, -0.15) is 13.2 Å². The molecular weight excluding hydrogens is 311 g/mol. The maximum atomic E-state index is 12.5. The number of aliphatic carboxylic acids is 1. The fourth-order valence-corrected chi connectivity index (χ4v) is 2.49. The first kappa shape index (κ1) is 17.3. The third-order valence-corrected chi connectivity index (χ3v) is 4.02. The quantitative estimate of drug-likeness (QED) is 0.871. The Morgan fingerprint density at radius 2 is 1.78 bits per heavy atom. The summed E-state index contributed by atoms with van der Waals surface area (Å²) in [7, 11) is 0. The van der Waals surface area contributed by atoms with Crippen molar-refractivity contribution in [3.05, 3.63) is 35.4 Å². The van der Waals surface area contributed by atoms with Crippen molar-refractivity contribution in [2.75, 3.05) is 6.54 Å². The predicted octanol–water partition coefficient (Wildman–Crippen LogP) is 3.31. The second-order valence-electron chi connectivity index (χ2n) is 5.84. The minimum atomic E-state index is -4.42. The van der Waals surface area contributed by atoms with Crippen molar-refractivity contribution in [1.29, 1.82) is 0 Å².